The third-order valence-electron chi connectivity index (χ3n) is 13.4. The minimum absolute atomic E-state index is 0.0154. The van der Waals surface area contributed by atoms with Crippen LogP contribution in [0, 0.1) is 35.2 Å². The number of nitrogens with one attached hydrogen (secondary N) is 5. The van der Waals surface area contributed by atoms with E-state index < -0.39 is 217 Å². The van der Waals surface area contributed by atoms with Gasteiger partial charge in [0.25, 0.3) is 0 Å². The van der Waals surface area contributed by atoms with Gasteiger partial charge in [-0.15, -0.1) is 0 Å². The summed E-state index contributed by atoms with van der Waals surface area (Å²) in [5, 5.41) is 54.3. The van der Waals surface area contributed by atoms with Crippen molar-refractivity contribution in [2.24, 2.45) is 45.1 Å². The third kappa shape index (κ3) is 28.0. The molecular weight excluding hydrogens is 1240 g/mol. The molecule has 0 spiro atoms. The van der Waals surface area contributed by atoms with Crippen LogP contribution in [0.4, 0.5) is 18.9 Å². The van der Waals surface area contributed by atoms with E-state index in [9.17, 15) is 90.0 Å². The first kappa shape index (κ1) is 77.0. The smallest absolute Gasteiger partial charge is 0.307 e. The van der Waals surface area contributed by atoms with Gasteiger partial charge in [0.15, 0.2) is 49.7 Å². The molecule has 1 aliphatic carbocycles. The van der Waals surface area contributed by atoms with Gasteiger partial charge >= 0.3 is 23.9 Å². The maximum absolute atomic E-state index is 15.7. The van der Waals surface area contributed by atoms with Crippen LogP contribution < -0.4 is 48.9 Å². The minimum Gasteiger partial charge on any atom is -0.481 e. The van der Waals surface area contributed by atoms with Gasteiger partial charge in [0.1, 0.15) is 16.7 Å². The number of hydrogen-bond donors (Lipinski definition) is 14. The summed E-state index contributed by atoms with van der Waals surface area (Å²) in [5.74, 6) is -25.9. The zero-order valence-electron chi connectivity index (χ0n) is 47.8. The summed E-state index contributed by atoms with van der Waals surface area (Å²) in [6.45, 7) is -1.78. The lowest BCUT2D eigenvalue weighted by Gasteiger charge is -2.25. The average molecular weight is 1320 g/mol. The van der Waals surface area contributed by atoms with Crippen molar-refractivity contribution in [1.82, 2.24) is 21.3 Å². The number of carbonyl (C=O) groups excluding carboxylic acids is 7. The van der Waals surface area contributed by atoms with E-state index >= 15 is 13.2 Å². The van der Waals surface area contributed by atoms with Crippen LogP contribution in [-0.4, -0.2) is 190 Å². The highest BCUT2D eigenvalue weighted by Gasteiger charge is 2.38. The number of nitrogens with zero attached hydrogens (tertiary/aromatic N) is 1. The highest BCUT2D eigenvalue weighted by molar-refractivity contribution is 7.91. The molecule has 1 fully saturated rings. The van der Waals surface area contributed by atoms with Crippen LogP contribution in [0.5, 0.6) is 0 Å². The van der Waals surface area contributed by atoms with E-state index in [1.165, 1.54) is 0 Å². The number of anilines is 1. The van der Waals surface area contributed by atoms with Gasteiger partial charge in [-0.05, 0) is 25.7 Å². The molecule has 0 bridgehead atoms. The number of halogens is 3. The summed E-state index contributed by atoms with van der Waals surface area (Å²) in [7, 11) is -10.2. The van der Waals surface area contributed by atoms with Gasteiger partial charge in [-0.2, -0.15) is 12.6 Å². The normalized spacial score (nSPS) is 15.1. The number of sulfonamides is 1. The second-order valence-electron chi connectivity index (χ2n) is 20.5. The fraction of sp³-hybridized carbons (Fsp3) is 0.647. The molecule has 1 aromatic rings. The molecule has 31 nitrogen and oxygen atoms in total. The molecular formula is C51H77F3N10O21S3. The van der Waals surface area contributed by atoms with Crippen LogP contribution in [0.3, 0.4) is 0 Å². The van der Waals surface area contributed by atoms with E-state index in [1.54, 1.807) is 0 Å². The Morgan fingerprint density at radius 2 is 1.17 bits per heavy atom. The van der Waals surface area contributed by atoms with Crippen molar-refractivity contribution < 1.29 is 113 Å². The largest absolute Gasteiger partial charge is 0.481 e. The Morgan fingerprint density at radius 1 is 0.636 bits per heavy atom. The zero-order chi connectivity index (χ0) is 66.5. The highest BCUT2D eigenvalue weighted by Crippen LogP contribution is 2.37. The monoisotopic (exact) mass is 1320 g/mol. The van der Waals surface area contributed by atoms with E-state index in [0.29, 0.717) is 25.7 Å². The molecule has 0 heterocycles. The molecule has 88 heavy (non-hydrogen) atoms. The first-order chi connectivity index (χ1) is 41.2. The molecule has 37 heteroatoms. The van der Waals surface area contributed by atoms with Gasteiger partial charge in [-0.25, -0.2) is 35.1 Å². The van der Waals surface area contributed by atoms with E-state index in [1.807, 2.05) is 0 Å². The van der Waals surface area contributed by atoms with Gasteiger partial charge in [-0.1, -0.05) is 32.1 Å². The lowest BCUT2D eigenvalue weighted by Crippen LogP contribution is -2.53. The number of carboxylic acid groups (broad SMARTS) is 4. The predicted octanol–water partition coefficient (Wildman–Crippen LogP) is -1.39. The third-order valence-corrected chi connectivity index (χ3v) is 16.6. The Labute approximate surface area is 509 Å². The number of thiol groups is 1. The number of Topliss-reactive ketones (excluding diaryl/α,β-unsaturated/α-hetero) is 3. The van der Waals surface area contributed by atoms with E-state index in [4.69, 9.17) is 31.8 Å². The van der Waals surface area contributed by atoms with Crippen molar-refractivity contribution in [3.63, 3.8) is 0 Å². The lowest BCUT2D eigenvalue weighted by molar-refractivity contribution is -0.144. The number of rotatable bonds is 43. The number of sulfone groups is 1. The Bertz CT molecular complexity index is 2920. The van der Waals surface area contributed by atoms with Crippen LogP contribution in [0.1, 0.15) is 109 Å². The molecule has 0 aromatic heterocycles. The molecule has 496 valence electrons. The Hall–Kier alpha value is -7.06. The number of carboxylic acids is 4. The number of guanidine groups is 1. The number of amides is 4. The van der Waals surface area contributed by atoms with Crippen molar-refractivity contribution in [2.75, 3.05) is 62.9 Å². The van der Waals surface area contributed by atoms with Crippen molar-refractivity contribution >= 4 is 109 Å². The van der Waals surface area contributed by atoms with E-state index in [0.717, 1.165) is 19.3 Å². The van der Waals surface area contributed by atoms with Crippen LogP contribution in [0.25, 0.3) is 0 Å². The van der Waals surface area contributed by atoms with Gasteiger partial charge in [-0.3, -0.25) is 57.7 Å². The van der Waals surface area contributed by atoms with Gasteiger partial charge in [0.05, 0.1) is 87.0 Å². The summed E-state index contributed by atoms with van der Waals surface area (Å²) in [5.41, 5.74) is 15.5. The topological polar surface area (TPSA) is 532 Å². The number of ketones is 3. The van der Waals surface area contributed by atoms with Gasteiger partial charge in [0, 0.05) is 63.5 Å². The molecule has 1 aliphatic rings. The molecule has 2 rings (SSSR count). The number of aliphatic carboxylic acids is 4. The Morgan fingerprint density at radius 3 is 1.73 bits per heavy atom. The Kier molecular flexibility index (Phi) is 33.6. The van der Waals surface area contributed by atoms with Gasteiger partial charge in [0.2, 0.25) is 33.7 Å². The molecule has 17 N–H and O–H groups in total. The maximum Gasteiger partial charge on any atom is 0.307 e. The highest BCUT2D eigenvalue weighted by atomic mass is 32.2. The molecule has 0 saturated heterocycles. The van der Waals surface area contributed by atoms with Crippen LogP contribution >= 0.6 is 12.6 Å². The second kappa shape index (κ2) is 38.4. The number of benzene rings is 1. The SMILES string of the molecule is NC(N)=NCCCC(NC(=O)C(CC(=O)O)CC(=O)CCOCCOCCNC(=O)CCS(=O)(=O)c1c(F)c(F)c(S(N)(=O)=O)c(F)c1NC1CCCCCCC1)C(=O)CC(CC(=O)O)C(=O)NC[C@H](N)C(=O)N[C@@H](CC(=O)O)C(=O)C[C@@H](CS)C(=O)O. The number of carbonyl (C=O) groups is 11. The number of nitrogens with two attached hydrogens (primary N) is 4. The summed E-state index contributed by atoms with van der Waals surface area (Å²) in [6.07, 6.45) is -2.09. The number of aliphatic imine (C=N–C) groups is 1. The molecule has 0 radical (unpaired) electrons. The average Bonchev–Trinajstić information content (AvgIpc) is 2.00. The van der Waals surface area contributed by atoms with Crippen molar-refractivity contribution in [3.8, 4) is 0 Å². The quantitative estimate of drug-likeness (QED) is 0.0118. The van der Waals surface area contributed by atoms with E-state index in [-0.39, 0.29) is 70.5 Å². The standard InChI is InChI=1S/C51H77F3N10O21S3/c52-41-42(53)46(44(43(54)45(41)88(58,82)83)62-30-7-4-2-1-3-5-8-30)87(80,81)18-11-37(68)59-13-15-85-17-16-84-14-10-31(65)19-27(22-38(69)70)48(76)63-33(9-6-12-60-51(56)57)35(66)20-28(23-39(71)72)47(75)61-25-32(55)49(77)64-34(24-40(73)74)36(67)21-29(26-86)50(78)79/h27-30,32-34,62,86H,1-26,55H2,(H,59,68)(H,61,75)(H,63,76)(H,64,77)(H,69,70)(H,71,72)(H,73,74)(H,78,79)(H4,56,57,60)(H2,58,82,83)/t27?,28?,29-,32-,33?,34-/m0/s1. The Balaban J connectivity index is 2.01. The van der Waals surface area contributed by atoms with Crippen molar-refractivity contribution in [1.29, 1.82) is 0 Å². The number of ether oxygens (including phenoxy) is 2. The molecule has 1 aromatic carbocycles. The molecule has 1 saturated carbocycles. The number of primary sulfonamides is 1. The number of hydrogen-bond acceptors (Lipinski definition) is 21. The van der Waals surface area contributed by atoms with E-state index in [2.05, 4.69) is 44.2 Å². The van der Waals surface area contributed by atoms with Crippen molar-refractivity contribution in [3.05, 3.63) is 17.5 Å². The van der Waals surface area contributed by atoms with Crippen molar-refractivity contribution in [2.45, 2.75) is 143 Å². The first-order valence-corrected chi connectivity index (χ1v) is 31.4. The summed E-state index contributed by atoms with van der Waals surface area (Å²) >= 11 is 3.85. The fourth-order valence-corrected chi connectivity index (χ4v) is 11.3. The van der Waals surface area contributed by atoms with Crippen LogP contribution in [0.2, 0.25) is 0 Å². The zero-order valence-corrected chi connectivity index (χ0v) is 50.3. The lowest BCUT2D eigenvalue weighted by atomic mass is 9.91. The summed E-state index contributed by atoms with van der Waals surface area (Å²) in [4.78, 5) is 139. The summed E-state index contributed by atoms with van der Waals surface area (Å²) < 4.78 is 108. The predicted molar refractivity (Wildman–Crippen MR) is 306 cm³/mol. The summed E-state index contributed by atoms with van der Waals surface area (Å²) in [6, 6.07) is -5.65. The fourth-order valence-electron chi connectivity index (χ4n) is 8.85. The maximum atomic E-state index is 15.7. The molecule has 3 unspecified atom stereocenters. The molecule has 4 amide bonds. The van der Waals surface area contributed by atoms with Gasteiger partial charge < -0.3 is 73.7 Å². The molecule has 6 atom stereocenters. The minimum atomic E-state index is -5.22. The van der Waals surface area contributed by atoms with Crippen LogP contribution in [0.15, 0.2) is 14.8 Å². The molecule has 0 aliphatic heterocycles. The second-order valence-corrected chi connectivity index (χ2v) is 24.4. The van der Waals surface area contributed by atoms with Crippen LogP contribution in [-0.2, 0) is 82.1 Å². The first-order valence-electron chi connectivity index (χ1n) is 27.6.